The first kappa shape index (κ1) is 14.2. The molecule has 2 unspecified atom stereocenters. The van der Waals surface area contributed by atoms with Crippen molar-refractivity contribution in [2.75, 3.05) is 18.1 Å². The maximum Gasteiger partial charge on any atom is 0.125 e. The van der Waals surface area contributed by atoms with Crippen LogP contribution in [0.2, 0.25) is 0 Å². The van der Waals surface area contributed by atoms with Gasteiger partial charge in [0.25, 0.3) is 0 Å². The second-order valence-corrected chi connectivity index (χ2v) is 6.94. The number of rotatable bonds is 3. The summed E-state index contributed by atoms with van der Waals surface area (Å²) in [4.78, 5) is 0. The van der Waals surface area contributed by atoms with Gasteiger partial charge in [-0.1, -0.05) is 17.7 Å². The van der Waals surface area contributed by atoms with E-state index in [0.717, 1.165) is 48.5 Å². The Balaban J connectivity index is 1.71. The van der Waals surface area contributed by atoms with Crippen molar-refractivity contribution < 1.29 is 14.6 Å². The third kappa shape index (κ3) is 2.97. The van der Waals surface area contributed by atoms with E-state index in [1.807, 2.05) is 36.9 Å². The maximum absolute atomic E-state index is 9.47. The molecular weight excluding hydrogens is 272 g/mol. The van der Waals surface area contributed by atoms with Crippen molar-refractivity contribution in [3.05, 3.63) is 29.3 Å². The Morgan fingerprint density at radius 1 is 1.50 bits per heavy atom. The van der Waals surface area contributed by atoms with Crippen LogP contribution >= 0.6 is 11.8 Å². The molecule has 0 saturated carbocycles. The number of thioether (sulfide) groups is 1. The molecule has 4 heteroatoms. The minimum atomic E-state index is 0.0290. The molecule has 3 nitrogen and oxygen atoms in total. The normalized spacial score (nSPS) is 29.8. The second kappa shape index (κ2) is 5.96. The highest BCUT2D eigenvalue weighted by atomic mass is 32.2. The number of aliphatic hydroxyl groups is 1. The fraction of sp³-hybridized carbons (Fsp3) is 0.625. The highest BCUT2D eigenvalue weighted by Gasteiger charge is 2.41. The van der Waals surface area contributed by atoms with E-state index in [2.05, 4.69) is 0 Å². The topological polar surface area (TPSA) is 38.7 Å². The summed E-state index contributed by atoms with van der Waals surface area (Å²) in [6, 6.07) is 6.01. The lowest BCUT2D eigenvalue weighted by molar-refractivity contribution is -0.0961. The van der Waals surface area contributed by atoms with Gasteiger partial charge in [-0.15, -0.1) is 0 Å². The molecule has 0 aliphatic carbocycles. The molecule has 2 aliphatic heterocycles. The molecule has 1 spiro atoms. The summed E-state index contributed by atoms with van der Waals surface area (Å²) in [5, 5.41) is 9.47. The Bertz CT molecular complexity index is 469. The van der Waals surface area contributed by atoms with Gasteiger partial charge in [-0.3, -0.25) is 0 Å². The molecule has 110 valence electrons. The molecule has 0 bridgehead atoms. The molecule has 1 N–H and O–H groups in total. The second-order valence-electron chi connectivity index (χ2n) is 5.84. The summed E-state index contributed by atoms with van der Waals surface area (Å²) >= 11 is 1.98. The third-order valence-electron chi connectivity index (χ3n) is 4.19. The van der Waals surface area contributed by atoms with Gasteiger partial charge in [-0.2, -0.15) is 11.8 Å². The monoisotopic (exact) mass is 294 g/mol. The van der Waals surface area contributed by atoms with Crippen LogP contribution < -0.4 is 4.74 Å². The molecule has 2 saturated heterocycles. The first-order valence-electron chi connectivity index (χ1n) is 7.29. The van der Waals surface area contributed by atoms with Gasteiger partial charge in [0.15, 0.2) is 0 Å². The van der Waals surface area contributed by atoms with Gasteiger partial charge in [0.2, 0.25) is 0 Å². The van der Waals surface area contributed by atoms with E-state index in [1.165, 1.54) is 5.75 Å². The molecular formula is C16H22O3S. The van der Waals surface area contributed by atoms with Crippen molar-refractivity contribution in [2.45, 2.75) is 44.5 Å². The molecule has 0 radical (unpaired) electrons. The first-order chi connectivity index (χ1) is 9.71. The molecule has 2 heterocycles. The predicted molar refractivity (Wildman–Crippen MR) is 81.4 cm³/mol. The number of benzene rings is 1. The largest absolute Gasteiger partial charge is 0.490 e. The van der Waals surface area contributed by atoms with Gasteiger partial charge in [-0.05, 0) is 25.2 Å². The molecule has 0 aromatic heterocycles. The number of aryl methyl sites for hydroxylation is 1. The van der Waals surface area contributed by atoms with Crippen molar-refractivity contribution in [2.24, 2.45) is 0 Å². The molecule has 20 heavy (non-hydrogen) atoms. The zero-order valence-corrected chi connectivity index (χ0v) is 12.7. The van der Waals surface area contributed by atoms with Gasteiger partial charge < -0.3 is 14.6 Å². The maximum atomic E-state index is 9.47. The fourth-order valence-electron chi connectivity index (χ4n) is 3.07. The first-order valence-corrected chi connectivity index (χ1v) is 8.45. The van der Waals surface area contributed by atoms with Crippen LogP contribution in [0.1, 0.15) is 30.4 Å². The summed E-state index contributed by atoms with van der Waals surface area (Å²) in [6.07, 6.45) is 3.25. The molecule has 2 aliphatic rings. The number of hydrogen-bond donors (Lipinski definition) is 1. The van der Waals surface area contributed by atoms with Crippen LogP contribution in [0.3, 0.4) is 0 Å². The average Bonchev–Trinajstić information content (AvgIpc) is 2.89. The van der Waals surface area contributed by atoms with E-state index in [4.69, 9.17) is 9.47 Å². The van der Waals surface area contributed by atoms with Gasteiger partial charge in [0, 0.05) is 24.2 Å². The van der Waals surface area contributed by atoms with Crippen molar-refractivity contribution in [3.63, 3.8) is 0 Å². The zero-order valence-electron chi connectivity index (χ0n) is 11.9. The highest BCUT2D eigenvalue weighted by Crippen LogP contribution is 2.39. The Labute approximate surface area is 124 Å². The Morgan fingerprint density at radius 3 is 3.15 bits per heavy atom. The Kier molecular flexibility index (Phi) is 4.24. The van der Waals surface area contributed by atoms with E-state index >= 15 is 0 Å². The number of ether oxygens (including phenoxy) is 2. The van der Waals surface area contributed by atoms with Crippen molar-refractivity contribution >= 4 is 11.8 Å². The van der Waals surface area contributed by atoms with Crippen LogP contribution in [0.15, 0.2) is 18.2 Å². The molecule has 2 fully saturated rings. The van der Waals surface area contributed by atoms with E-state index < -0.39 is 0 Å². The molecule has 1 aromatic carbocycles. The minimum absolute atomic E-state index is 0.0290. The van der Waals surface area contributed by atoms with Crippen molar-refractivity contribution in [3.8, 4) is 5.75 Å². The SMILES string of the molecule is Cc1ccc(OC2CCOC3(CCSC3)C2)c(CO)c1. The van der Waals surface area contributed by atoms with Gasteiger partial charge in [0.05, 0.1) is 18.8 Å². The molecule has 0 amide bonds. The highest BCUT2D eigenvalue weighted by molar-refractivity contribution is 7.99. The molecule has 1 aromatic rings. The molecule has 2 atom stereocenters. The van der Waals surface area contributed by atoms with Crippen LogP contribution in [0.4, 0.5) is 0 Å². The summed E-state index contributed by atoms with van der Waals surface area (Å²) in [7, 11) is 0. The quantitative estimate of drug-likeness (QED) is 0.930. The standard InChI is InChI=1S/C16H22O3S/c1-12-2-3-15(13(8-12)10-17)19-14-4-6-18-16(9-14)5-7-20-11-16/h2-3,8,14,17H,4-7,9-11H2,1H3. The van der Waals surface area contributed by atoms with E-state index in [9.17, 15) is 5.11 Å². The van der Waals surface area contributed by atoms with Gasteiger partial charge in [-0.25, -0.2) is 0 Å². The summed E-state index contributed by atoms with van der Waals surface area (Å²) < 4.78 is 12.2. The van der Waals surface area contributed by atoms with Crippen LogP contribution in [-0.4, -0.2) is 34.9 Å². The van der Waals surface area contributed by atoms with Gasteiger partial charge in [0.1, 0.15) is 11.9 Å². The lowest BCUT2D eigenvalue weighted by Gasteiger charge is -2.37. The van der Waals surface area contributed by atoms with E-state index in [0.29, 0.717) is 0 Å². The van der Waals surface area contributed by atoms with Crippen molar-refractivity contribution in [1.29, 1.82) is 0 Å². The Morgan fingerprint density at radius 2 is 2.40 bits per heavy atom. The summed E-state index contributed by atoms with van der Waals surface area (Å²) in [5.41, 5.74) is 2.07. The van der Waals surface area contributed by atoms with E-state index in [1.54, 1.807) is 0 Å². The smallest absolute Gasteiger partial charge is 0.125 e. The average molecular weight is 294 g/mol. The fourth-order valence-corrected chi connectivity index (χ4v) is 4.45. The number of hydrogen-bond acceptors (Lipinski definition) is 4. The summed E-state index contributed by atoms with van der Waals surface area (Å²) in [6.45, 7) is 2.84. The lowest BCUT2D eigenvalue weighted by atomic mass is 9.91. The zero-order chi connectivity index (χ0) is 14.0. The van der Waals surface area contributed by atoms with Crippen LogP contribution in [-0.2, 0) is 11.3 Å². The minimum Gasteiger partial charge on any atom is -0.490 e. The van der Waals surface area contributed by atoms with Crippen LogP contribution in [0, 0.1) is 6.92 Å². The van der Waals surface area contributed by atoms with Gasteiger partial charge >= 0.3 is 0 Å². The van der Waals surface area contributed by atoms with E-state index in [-0.39, 0.29) is 18.3 Å². The third-order valence-corrected chi connectivity index (χ3v) is 5.42. The Hall–Kier alpha value is -0.710. The predicted octanol–water partition coefficient (Wildman–Crippen LogP) is 2.92. The molecule has 3 rings (SSSR count). The van der Waals surface area contributed by atoms with Crippen LogP contribution in [0.5, 0.6) is 5.75 Å². The van der Waals surface area contributed by atoms with Crippen LogP contribution in [0.25, 0.3) is 0 Å². The summed E-state index contributed by atoms with van der Waals surface area (Å²) in [5.74, 6) is 3.11. The number of aliphatic hydroxyl groups excluding tert-OH is 1. The van der Waals surface area contributed by atoms with Crippen molar-refractivity contribution in [1.82, 2.24) is 0 Å². The lowest BCUT2D eigenvalue weighted by Crippen LogP contribution is -2.43.